The van der Waals surface area contributed by atoms with Crippen LogP contribution < -0.4 is 9.46 Å². The standard InChI is InChI=1S/C18H26N2O6S/c1-12-7-13(2)10-20(9-12)17(21)11-26-18(22)14-5-6-15(25-4)16(8-14)27(23,24)19-3/h5-6,8,12-13,19H,7,9-11H2,1-4H3/t12-,13-/m1/s1. The Morgan fingerprint density at radius 2 is 1.85 bits per heavy atom. The zero-order chi connectivity index (χ0) is 20.2. The zero-order valence-corrected chi connectivity index (χ0v) is 16.8. The van der Waals surface area contributed by atoms with E-state index in [1.165, 1.54) is 32.4 Å². The molecule has 0 bridgehead atoms. The Morgan fingerprint density at radius 3 is 2.41 bits per heavy atom. The first-order valence-electron chi connectivity index (χ1n) is 8.74. The van der Waals surface area contributed by atoms with Crippen molar-refractivity contribution in [3.63, 3.8) is 0 Å². The Hall–Kier alpha value is -2.13. The number of nitrogens with one attached hydrogen (secondary N) is 1. The molecule has 9 heteroatoms. The lowest BCUT2D eigenvalue weighted by molar-refractivity contribution is -0.137. The van der Waals surface area contributed by atoms with E-state index in [1.807, 2.05) is 0 Å². The highest BCUT2D eigenvalue weighted by Gasteiger charge is 2.26. The molecule has 1 fully saturated rings. The van der Waals surface area contributed by atoms with Gasteiger partial charge in [-0.25, -0.2) is 17.9 Å². The largest absolute Gasteiger partial charge is 0.495 e. The maximum Gasteiger partial charge on any atom is 0.338 e. The first kappa shape index (κ1) is 21.2. The minimum absolute atomic E-state index is 0.0257. The molecule has 1 N–H and O–H groups in total. The van der Waals surface area contributed by atoms with Crippen molar-refractivity contribution in [1.82, 2.24) is 9.62 Å². The van der Waals surface area contributed by atoms with E-state index in [0.29, 0.717) is 24.9 Å². The van der Waals surface area contributed by atoms with Gasteiger partial charge in [-0.15, -0.1) is 0 Å². The number of benzene rings is 1. The van der Waals surface area contributed by atoms with Crippen molar-refractivity contribution in [3.8, 4) is 5.75 Å². The number of methoxy groups -OCH3 is 1. The SMILES string of the molecule is CNS(=O)(=O)c1cc(C(=O)OCC(=O)N2C[C@H](C)C[C@@H](C)C2)ccc1OC. The van der Waals surface area contributed by atoms with Gasteiger partial charge in [-0.05, 0) is 43.5 Å². The van der Waals surface area contributed by atoms with Crippen LogP contribution in [0, 0.1) is 11.8 Å². The van der Waals surface area contributed by atoms with Crippen LogP contribution in [0.15, 0.2) is 23.1 Å². The molecule has 2 rings (SSSR count). The summed E-state index contributed by atoms with van der Waals surface area (Å²) in [6.07, 6.45) is 1.07. The van der Waals surface area contributed by atoms with Crippen LogP contribution in [0.2, 0.25) is 0 Å². The normalized spacial score (nSPS) is 20.2. The van der Waals surface area contributed by atoms with E-state index in [4.69, 9.17) is 9.47 Å². The second-order valence-corrected chi connectivity index (χ2v) is 8.75. The second kappa shape index (κ2) is 8.71. The molecule has 150 valence electrons. The summed E-state index contributed by atoms with van der Waals surface area (Å²) in [5.41, 5.74) is 0.0257. The van der Waals surface area contributed by atoms with Crippen LogP contribution in [0.3, 0.4) is 0 Å². The molecule has 1 amide bonds. The van der Waals surface area contributed by atoms with E-state index < -0.39 is 16.0 Å². The maximum atomic E-state index is 12.3. The number of hydrogen-bond donors (Lipinski definition) is 1. The highest BCUT2D eigenvalue weighted by Crippen LogP contribution is 2.25. The summed E-state index contributed by atoms with van der Waals surface area (Å²) in [7, 11) is -1.22. The van der Waals surface area contributed by atoms with Crippen LogP contribution in [-0.4, -0.2) is 59.0 Å². The lowest BCUT2D eigenvalue weighted by atomic mass is 9.92. The third kappa shape index (κ3) is 5.20. The Balaban J connectivity index is 2.08. The number of nitrogens with zero attached hydrogens (tertiary/aromatic N) is 1. The van der Waals surface area contributed by atoms with E-state index in [-0.39, 0.29) is 28.7 Å². The molecule has 8 nitrogen and oxygen atoms in total. The zero-order valence-electron chi connectivity index (χ0n) is 16.0. The van der Waals surface area contributed by atoms with Gasteiger partial charge in [0.1, 0.15) is 10.6 Å². The summed E-state index contributed by atoms with van der Waals surface area (Å²) in [6.45, 7) is 5.09. The van der Waals surface area contributed by atoms with Gasteiger partial charge < -0.3 is 14.4 Å². The number of hydrogen-bond acceptors (Lipinski definition) is 6. The van der Waals surface area contributed by atoms with Crippen molar-refractivity contribution in [2.45, 2.75) is 25.2 Å². The molecule has 2 atom stereocenters. The van der Waals surface area contributed by atoms with Crippen molar-refractivity contribution in [2.75, 3.05) is 33.9 Å². The number of ether oxygens (including phenoxy) is 2. The van der Waals surface area contributed by atoms with Crippen molar-refractivity contribution >= 4 is 21.9 Å². The fourth-order valence-electron chi connectivity index (χ4n) is 3.29. The molecule has 1 aromatic carbocycles. The van der Waals surface area contributed by atoms with E-state index >= 15 is 0 Å². The summed E-state index contributed by atoms with van der Waals surface area (Å²) >= 11 is 0. The summed E-state index contributed by atoms with van der Waals surface area (Å²) in [4.78, 5) is 26.1. The smallest absolute Gasteiger partial charge is 0.338 e. The molecule has 1 aliphatic heterocycles. The summed E-state index contributed by atoms with van der Waals surface area (Å²) in [6, 6.07) is 3.94. The van der Waals surface area contributed by atoms with Gasteiger partial charge in [-0.2, -0.15) is 0 Å². The highest BCUT2D eigenvalue weighted by molar-refractivity contribution is 7.89. The Kier molecular flexibility index (Phi) is 6.83. The minimum Gasteiger partial charge on any atom is -0.495 e. The Labute approximate surface area is 159 Å². The molecule has 0 aliphatic carbocycles. The quantitative estimate of drug-likeness (QED) is 0.724. The molecular formula is C18H26N2O6S. The van der Waals surface area contributed by atoms with Crippen LogP contribution in [0.1, 0.15) is 30.6 Å². The van der Waals surface area contributed by atoms with Crippen molar-refractivity contribution in [3.05, 3.63) is 23.8 Å². The van der Waals surface area contributed by atoms with Crippen molar-refractivity contribution in [2.24, 2.45) is 11.8 Å². The molecule has 0 aromatic heterocycles. The van der Waals surface area contributed by atoms with Crippen LogP contribution in [0.4, 0.5) is 0 Å². The van der Waals surface area contributed by atoms with Crippen molar-refractivity contribution in [1.29, 1.82) is 0 Å². The molecule has 0 unspecified atom stereocenters. The minimum atomic E-state index is -3.82. The number of amides is 1. The Bertz CT molecular complexity index is 798. The van der Waals surface area contributed by atoms with Crippen LogP contribution in [0.25, 0.3) is 0 Å². The molecule has 0 radical (unpaired) electrons. The highest BCUT2D eigenvalue weighted by atomic mass is 32.2. The van der Waals surface area contributed by atoms with E-state index in [2.05, 4.69) is 18.6 Å². The average molecular weight is 398 g/mol. The molecule has 0 saturated carbocycles. The van der Waals surface area contributed by atoms with Crippen LogP contribution >= 0.6 is 0 Å². The predicted octanol–water partition coefficient (Wildman–Crippen LogP) is 1.26. The number of likely N-dealkylation sites (tertiary alicyclic amines) is 1. The third-order valence-corrected chi connectivity index (χ3v) is 5.94. The first-order valence-corrected chi connectivity index (χ1v) is 10.2. The summed E-state index contributed by atoms with van der Waals surface area (Å²) in [5.74, 6) is -0.100. The van der Waals surface area contributed by atoms with Gasteiger partial charge in [-0.3, -0.25) is 4.79 Å². The lowest BCUT2D eigenvalue weighted by Crippen LogP contribution is -2.44. The fourth-order valence-corrected chi connectivity index (χ4v) is 4.21. The number of piperidine rings is 1. The van der Waals surface area contributed by atoms with Crippen molar-refractivity contribution < 1.29 is 27.5 Å². The number of esters is 1. The number of rotatable bonds is 6. The van der Waals surface area contributed by atoms with Gasteiger partial charge in [0.05, 0.1) is 12.7 Å². The molecule has 1 saturated heterocycles. The average Bonchev–Trinajstić information content (AvgIpc) is 2.64. The maximum absolute atomic E-state index is 12.3. The van der Waals surface area contributed by atoms with Crippen LogP contribution in [-0.2, 0) is 19.6 Å². The van der Waals surface area contributed by atoms with E-state index in [9.17, 15) is 18.0 Å². The molecular weight excluding hydrogens is 372 g/mol. The molecule has 1 aromatic rings. The van der Waals surface area contributed by atoms with Gasteiger partial charge in [0, 0.05) is 13.1 Å². The van der Waals surface area contributed by atoms with Crippen LogP contribution in [0.5, 0.6) is 5.75 Å². The lowest BCUT2D eigenvalue weighted by Gasteiger charge is -2.34. The van der Waals surface area contributed by atoms with E-state index in [0.717, 1.165) is 6.42 Å². The molecule has 1 heterocycles. The Morgan fingerprint density at radius 1 is 1.22 bits per heavy atom. The monoisotopic (exact) mass is 398 g/mol. The second-order valence-electron chi connectivity index (χ2n) is 6.89. The van der Waals surface area contributed by atoms with Gasteiger partial charge >= 0.3 is 5.97 Å². The number of sulfonamides is 1. The fraction of sp³-hybridized carbons (Fsp3) is 0.556. The van der Waals surface area contributed by atoms with Gasteiger partial charge in [0.2, 0.25) is 10.0 Å². The topological polar surface area (TPSA) is 102 Å². The van der Waals surface area contributed by atoms with Gasteiger partial charge in [-0.1, -0.05) is 13.8 Å². The number of carbonyl (C=O) groups is 2. The predicted molar refractivity (Wildman–Crippen MR) is 99.0 cm³/mol. The first-order chi connectivity index (χ1) is 12.7. The third-order valence-electron chi connectivity index (χ3n) is 4.51. The number of carbonyl (C=O) groups excluding carboxylic acids is 2. The molecule has 1 aliphatic rings. The van der Waals surface area contributed by atoms with Gasteiger partial charge in [0.15, 0.2) is 6.61 Å². The molecule has 27 heavy (non-hydrogen) atoms. The molecule has 0 spiro atoms. The summed E-state index contributed by atoms with van der Waals surface area (Å²) in [5, 5.41) is 0. The van der Waals surface area contributed by atoms with E-state index in [1.54, 1.807) is 4.90 Å². The summed E-state index contributed by atoms with van der Waals surface area (Å²) < 4.78 is 36.5. The van der Waals surface area contributed by atoms with Gasteiger partial charge in [0.25, 0.3) is 5.91 Å².